The highest BCUT2D eigenvalue weighted by Gasteiger charge is 2.35. The van der Waals surface area contributed by atoms with Gasteiger partial charge in [0.1, 0.15) is 11.3 Å². The first-order valence-corrected chi connectivity index (χ1v) is 11.7. The maximum atomic E-state index is 13.2. The molecule has 0 bridgehead atoms. The number of carbonyl (C=O) groups is 3. The monoisotopic (exact) mass is 499 g/mol. The van der Waals surface area contributed by atoms with Crippen LogP contribution in [0.5, 0.6) is 5.75 Å². The van der Waals surface area contributed by atoms with Crippen molar-refractivity contribution in [3.05, 3.63) is 94.6 Å². The first kappa shape index (κ1) is 24.8. The van der Waals surface area contributed by atoms with Gasteiger partial charge in [-0.3, -0.25) is 24.6 Å². The molecule has 1 saturated heterocycles. The van der Waals surface area contributed by atoms with Gasteiger partial charge in [-0.15, -0.1) is 0 Å². The number of carbonyl (C=O) groups excluding carboxylic acids is 3. The number of para-hydroxylation sites is 1. The molecule has 8 heteroatoms. The molecular weight excluding hydrogens is 474 g/mol. The second-order valence-electron chi connectivity index (χ2n) is 8.45. The molecule has 1 aliphatic heterocycles. The lowest BCUT2D eigenvalue weighted by Gasteiger charge is -2.30. The fraction of sp³-hybridized carbons (Fsp3) is 0.143. The number of hydrogen-bond donors (Lipinski definition) is 2. The third-order valence-electron chi connectivity index (χ3n) is 5.79. The molecule has 1 heterocycles. The number of nitrogens with one attached hydrogen (secondary N) is 2. The summed E-state index contributed by atoms with van der Waals surface area (Å²) in [6, 6.07) is 19.8. The van der Waals surface area contributed by atoms with Crippen LogP contribution in [0.25, 0.3) is 6.08 Å². The molecule has 0 unspecified atom stereocenters. The molecule has 7 nitrogen and oxygen atoms in total. The molecule has 0 aromatic heterocycles. The van der Waals surface area contributed by atoms with Crippen molar-refractivity contribution < 1.29 is 19.1 Å². The van der Waals surface area contributed by atoms with Crippen molar-refractivity contribution in [2.45, 2.75) is 20.8 Å². The smallest absolute Gasteiger partial charge is 0.270 e. The summed E-state index contributed by atoms with van der Waals surface area (Å²) in [5, 5.41) is 5.43. The number of amides is 3. The Morgan fingerprint density at radius 3 is 2.50 bits per heavy atom. The Labute approximate surface area is 214 Å². The van der Waals surface area contributed by atoms with Crippen LogP contribution in [0, 0.1) is 20.8 Å². The SMILES string of the molecule is Cc1ccc(NC(=O)COc2cccc(C=C3C(=O)NC(=S)N(c4ccccc4C)C3=O)c2)cc1C. The number of anilines is 2. The fourth-order valence-corrected chi connectivity index (χ4v) is 3.99. The standard InChI is InChI=1S/C28H25N3O4S/c1-17-11-12-21(13-19(17)3)29-25(32)16-35-22-9-6-8-20(14-22)15-23-26(33)30-28(36)31(27(23)34)24-10-5-4-7-18(24)2/h4-15H,16H2,1-3H3,(H,29,32)(H,30,33,36). The van der Waals surface area contributed by atoms with Crippen molar-refractivity contribution in [3.63, 3.8) is 0 Å². The lowest BCUT2D eigenvalue weighted by molar-refractivity contribution is -0.122. The number of hydrogen-bond acceptors (Lipinski definition) is 5. The lowest BCUT2D eigenvalue weighted by Crippen LogP contribution is -2.54. The Bertz CT molecular complexity index is 1410. The largest absolute Gasteiger partial charge is 0.484 e. The van der Waals surface area contributed by atoms with Gasteiger partial charge >= 0.3 is 0 Å². The number of rotatable bonds is 6. The molecule has 4 rings (SSSR count). The van der Waals surface area contributed by atoms with E-state index in [1.807, 2.05) is 51.1 Å². The van der Waals surface area contributed by atoms with Gasteiger partial charge in [0.25, 0.3) is 17.7 Å². The van der Waals surface area contributed by atoms with Crippen LogP contribution in [0.4, 0.5) is 11.4 Å². The summed E-state index contributed by atoms with van der Waals surface area (Å²) in [6.45, 7) is 5.65. The first-order chi connectivity index (χ1) is 17.2. The van der Waals surface area contributed by atoms with Gasteiger partial charge in [0, 0.05) is 5.69 Å². The van der Waals surface area contributed by atoms with Crippen LogP contribution in [0.15, 0.2) is 72.3 Å². The molecular formula is C28H25N3O4S. The first-order valence-electron chi connectivity index (χ1n) is 11.3. The van der Waals surface area contributed by atoms with Gasteiger partial charge in [-0.2, -0.15) is 0 Å². The Hall–Kier alpha value is -4.30. The van der Waals surface area contributed by atoms with E-state index in [1.165, 1.54) is 11.0 Å². The Balaban J connectivity index is 1.48. The van der Waals surface area contributed by atoms with Crippen LogP contribution in [-0.2, 0) is 14.4 Å². The van der Waals surface area contributed by atoms with Crippen molar-refractivity contribution in [2.24, 2.45) is 0 Å². The van der Waals surface area contributed by atoms with E-state index >= 15 is 0 Å². The number of benzene rings is 3. The molecule has 36 heavy (non-hydrogen) atoms. The number of nitrogens with zero attached hydrogens (tertiary/aromatic N) is 1. The molecule has 1 aliphatic rings. The predicted octanol–water partition coefficient (Wildman–Crippen LogP) is 4.46. The Kier molecular flexibility index (Phi) is 7.26. The van der Waals surface area contributed by atoms with E-state index in [9.17, 15) is 14.4 Å². The zero-order valence-corrected chi connectivity index (χ0v) is 20.9. The number of ether oxygens (including phenoxy) is 1. The van der Waals surface area contributed by atoms with Crippen molar-refractivity contribution in [2.75, 3.05) is 16.8 Å². The summed E-state index contributed by atoms with van der Waals surface area (Å²) in [5.74, 6) is -0.966. The molecule has 3 aromatic rings. The van der Waals surface area contributed by atoms with Gasteiger partial charge in [-0.1, -0.05) is 36.4 Å². The maximum Gasteiger partial charge on any atom is 0.270 e. The molecule has 0 spiro atoms. The minimum Gasteiger partial charge on any atom is -0.484 e. The topological polar surface area (TPSA) is 87.7 Å². The van der Waals surface area contributed by atoms with Crippen LogP contribution in [0.3, 0.4) is 0 Å². The van der Waals surface area contributed by atoms with Crippen LogP contribution in [0.2, 0.25) is 0 Å². The van der Waals surface area contributed by atoms with Gasteiger partial charge in [-0.05, 0) is 91.7 Å². The van der Waals surface area contributed by atoms with Crippen molar-refractivity contribution in [1.29, 1.82) is 0 Å². The number of thiocarbonyl (C=S) groups is 1. The Morgan fingerprint density at radius 2 is 1.75 bits per heavy atom. The van der Waals surface area contributed by atoms with E-state index in [-0.39, 0.29) is 23.2 Å². The van der Waals surface area contributed by atoms with Gasteiger partial charge in [0.15, 0.2) is 11.7 Å². The molecule has 3 amide bonds. The van der Waals surface area contributed by atoms with Gasteiger partial charge in [-0.25, -0.2) is 0 Å². The average Bonchev–Trinajstić information content (AvgIpc) is 2.84. The number of aryl methyl sites for hydroxylation is 3. The molecule has 0 saturated carbocycles. The van der Waals surface area contributed by atoms with E-state index in [1.54, 1.807) is 36.4 Å². The third-order valence-corrected chi connectivity index (χ3v) is 6.07. The quantitative estimate of drug-likeness (QED) is 0.297. The van der Waals surface area contributed by atoms with E-state index < -0.39 is 11.8 Å². The van der Waals surface area contributed by atoms with Crippen molar-refractivity contribution in [3.8, 4) is 5.75 Å². The zero-order chi connectivity index (χ0) is 25.8. The van der Waals surface area contributed by atoms with Crippen molar-refractivity contribution >= 4 is 52.5 Å². The average molecular weight is 500 g/mol. The van der Waals surface area contributed by atoms with Crippen LogP contribution < -0.4 is 20.3 Å². The summed E-state index contributed by atoms with van der Waals surface area (Å²) in [7, 11) is 0. The second kappa shape index (κ2) is 10.5. The molecule has 2 N–H and O–H groups in total. The normalized spacial score (nSPS) is 14.6. The lowest BCUT2D eigenvalue weighted by atomic mass is 10.1. The van der Waals surface area contributed by atoms with Crippen molar-refractivity contribution in [1.82, 2.24) is 5.32 Å². The van der Waals surface area contributed by atoms with Gasteiger partial charge in [0.2, 0.25) is 0 Å². The maximum absolute atomic E-state index is 13.2. The highest BCUT2D eigenvalue weighted by atomic mass is 32.1. The summed E-state index contributed by atoms with van der Waals surface area (Å²) in [6.07, 6.45) is 1.48. The summed E-state index contributed by atoms with van der Waals surface area (Å²) in [5.41, 5.74) is 4.88. The highest BCUT2D eigenvalue weighted by Crippen LogP contribution is 2.25. The summed E-state index contributed by atoms with van der Waals surface area (Å²) in [4.78, 5) is 39.5. The minimum absolute atomic E-state index is 0.0308. The zero-order valence-electron chi connectivity index (χ0n) is 20.1. The highest BCUT2D eigenvalue weighted by molar-refractivity contribution is 7.80. The van der Waals surface area contributed by atoms with Crippen LogP contribution in [-0.4, -0.2) is 29.4 Å². The fourth-order valence-electron chi connectivity index (χ4n) is 3.72. The summed E-state index contributed by atoms with van der Waals surface area (Å²) < 4.78 is 5.64. The minimum atomic E-state index is -0.575. The Morgan fingerprint density at radius 1 is 0.972 bits per heavy atom. The van der Waals surface area contributed by atoms with Gasteiger partial charge in [0.05, 0.1) is 5.69 Å². The van der Waals surface area contributed by atoms with Crippen LogP contribution >= 0.6 is 12.2 Å². The molecule has 3 aromatic carbocycles. The molecule has 0 aliphatic carbocycles. The van der Waals surface area contributed by atoms with E-state index in [4.69, 9.17) is 17.0 Å². The molecule has 1 fully saturated rings. The van der Waals surface area contributed by atoms with E-state index in [0.29, 0.717) is 22.7 Å². The molecule has 182 valence electrons. The summed E-state index contributed by atoms with van der Waals surface area (Å²) >= 11 is 5.27. The van der Waals surface area contributed by atoms with E-state index in [2.05, 4.69) is 10.6 Å². The third kappa shape index (κ3) is 5.50. The second-order valence-corrected chi connectivity index (χ2v) is 8.84. The van der Waals surface area contributed by atoms with E-state index in [0.717, 1.165) is 16.7 Å². The molecule has 0 radical (unpaired) electrons. The van der Waals surface area contributed by atoms with Crippen LogP contribution in [0.1, 0.15) is 22.3 Å². The predicted molar refractivity (Wildman–Crippen MR) is 144 cm³/mol. The van der Waals surface area contributed by atoms with Gasteiger partial charge < -0.3 is 10.1 Å². The molecule has 0 atom stereocenters.